The van der Waals surface area contributed by atoms with Gasteiger partial charge in [-0.2, -0.15) is 0 Å². The van der Waals surface area contributed by atoms with E-state index in [9.17, 15) is 9.90 Å². The van der Waals surface area contributed by atoms with Crippen molar-refractivity contribution in [1.29, 1.82) is 0 Å². The van der Waals surface area contributed by atoms with Crippen LogP contribution < -0.4 is 4.74 Å². The minimum atomic E-state index is -0.932. The molecule has 5 heteroatoms. The second-order valence-electron chi connectivity index (χ2n) is 6.68. The van der Waals surface area contributed by atoms with Crippen molar-refractivity contribution in [1.82, 2.24) is 9.55 Å². The Bertz CT molecular complexity index is 955. The predicted molar refractivity (Wildman–Crippen MR) is 101 cm³/mol. The molecule has 1 aliphatic rings. The van der Waals surface area contributed by atoms with Gasteiger partial charge in [0.05, 0.1) is 28.8 Å². The molecule has 3 aromatic rings. The van der Waals surface area contributed by atoms with Gasteiger partial charge < -0.3 is 14.4 Å². The number of benzene rings is 2. The van der Waals surface area contributed by atoms with E-state index in [1.165, 1.54) is 12.8 Å². The Morgan fingerprint density at radius 3 is 2.73 bits per heavy atom. The van der Waals surface area contributed by atoms with Crippen LogP contribution in [0.25, 0.3) is 22.4 Å². The van der Waals surface area contributed by atoms with Crippen molar-refractivity contribution in [2.24, 2.45) is 0 Å². The lowest BCUT2D eigenvalue weighted by molar-refractivity contribution is 0.0697. The molecule has 0 aliphatic heterocycles. The minimum absolute atomic E-state index is 0.262. The Balaban J connectivity index is 1.95. The Hall–Kier alpha value is -2.82. The summed E-state index contributed by atoms with van der Waals surface area (Å²) < 4.78 is 8.10. The van der Waals surface area contributed by atoms with Crippen LogP contribution in [0.1, 0.15) is 49.0 Å². The summed E-state index contributed by atoms with van der Waals surface area (Å²) in [5, 5.41) is 9.31. The third kappa shape index (κ3) is 2.83. The molecule has 1 fully saturated rings. The summed E-state index contributed by atoms with van der Waals surface area (Å²) in [4.78, 5) is 16.2. The largest absolute Gasteiger partial charge is 0.493 e. The Labute approximate surface area is 152 Å². The quantitative estimate of drug-likeness (QED) is 0.710. The number of carbonyl (C=O) groups is 1. The van der Waals surface area contributed by atoms with E-state index in [0.717, 1.165) is 41.0 Å². The Morgan fingerprint density at radius 1 is 1.23 bits per heavy atom. The van der Waals surface area contributed by atoms with Crippen LogP contribution in [-0.2, 0) is 0 Å². The van der Waals surface area contributed by atoms with Crippen LogP contribution in [0.2, 0.25) is 0 Å². The second-order valence-corrected chi connectivity index (χ2v) is 6.68. The standard InChI is InChI=1S/C21H22N2O3/c1-2-26-19-10-6-5-9-16(19)20-22-17-13-14(21(24)25)11-12-18(17)23(20)15-7-3-4-8-15/h5-6,9-13,15H,2-4,7-8H2,1H3,(H,24,25). The fourth-order valence-electron chi connectivity index (χ4n) is 3.89. The summed E-state index contributed by atoms with van der Waals surface area (Å²) in [6.07, 6.45) is 4.67. The van der Waals surface area contributed by atoms with Gasteiger partial charge in [-0.15, -0.1) is 0 Å². The average Bonchev–Trinajstić information content (AvgIpc) is 3.28. The van der Waals surface area contributed by atoms with Crippen LogP contribution in [0.15, 0.2) is 42.5 Å². The van der Waals surface area contributed by atoms with Crippen LogP contribution in [-0.4, -0.2) is 27.2 Å². The lowest BCUT2D eigenvalue weighted by atomic mass is 10.1. The fourth-order valence-corrected chi connectivity index (χ4v) is 3.89. The summed E-state index contributed by atoms with van der Waals surface area (Å²) in [5.74, 6) is 0.736. The van der Waals surface area contributed by atoms with Crippen LogP contribution in [0.4, 0.5) is 0 Å². The van der Waals surface area contributed by atoms with E-state index in [1.807, 2.05) is 37.3 Å². The molecule has 0 saturated heterocycles. The van der Waals surface area contributed by atoms with Crippen molar-refractivity contribution in [3.63, 3.8) is 0 Å². The van der Waals surface area contributed by atoms with Crippen LogP contribution >= 0.6 is 0 Å². The lowest BCUT2D eigenvalue weighted by Crippen LogP contribution is -2.07. The first kappa shape index (κ1) is 16.6. The van der Waals surface area contributed by atoms with Gasteiger partial charge in [-0.25, -0.2) is 9.78 Å². The number of para-hydroxylation sites is 1. The molecule has 1 N–H and O–H groups in total. The molecule has 1 heterocycles. The normalized spacial score (nSPS) is 14.8. The van der Waals surface area contributed by atoms with Crippen LogP contribution in [0, 0.1) is 0 Å². The predicted octanol–water partition coefficient (Wildman–Crippen LogP) is 4.92. The molecule has 1 aliphatic carbocycles. The van der Waals surface area contributed by atoms with Gasteiger partial charge in [-0.3, -0.25) is 0 Å². The number of imidazole rings is 1. The van der Waals surface area contributed by atoms with Crippen molar-refractivity contribution >= 4 is 17.0 Å². The summed E-state index contributed by atoms with van der Waals surface area (Å²) >= 11 is 0. The van der Waals surface area contributed by atoms with E-state index in [2.05, 4.69) is 4.57 Å². The molecule has 0 radical (unpaired) electrons. The van der Waals surface area contributed by atoms with E-state index in [4.69, 9.17) is 9.72 Å². The number of aromatic nitrogens is 2. The highest BCUT2D eigenvalue weighted by atomic mass is 16.5. The first-order valence-electron chi connectivity index (χ1n) is 9.16. The van der Waals surface area contributed by atoms with Gasteiger partial charge in [0.1, 0.15) is 11.6 Å². The molecule has 1 aromatic heterocycles. The van der Waals surface area contributed by atoms with Crippen molar-refractivity contribution in [3.8, 4) is 17.1 Å². The van der Waals surface area contributed by atoms with Gasteiger partial charge in [0.15, 0.2) is 0 Å². The third-order valence-electron chi connectivity index (χ3n) is 5.05. The number of rotatable bonds is 5. The minimum Gasteiger partial charge on any atom is -0.493 e. The highest BCUT2D eigenvalue weighted by molar-refractivity contribution is 5.93. The van der Waals surface area contributed by atoms with Crippen LogP contribution in [0.3, 0.4) is 0 Å². The first-order chi connectivity index (χ1) is 12.7. The van der Waals surface area contributed by atoms with Gasteiger partial charge in [-0.1, -0.05) is 25.0 Å². The maximum absolute atomic E-state index is 11.3. The average molecular weight is 350 g/mol. The van der Waals surface area contributed by atoms with Gasteiger partial charge >= 0.3 is 5.97 Å². The topological polar surface area (TPSA) is 64.3 Å². The van der Waals surface area contributed by atoms with Gasteiger partial charge in [0.25, 0.3) is 0 Å². The second kappa shape index (κ2) is 6.83. The van der Waals surface area contributed by atoms with Crippen molar-refractivity contribution in [2.75, 3.05) is 6.61 Å². The molecular weight excluding hydrogens is 328 g/mol. The van der Waals surface area contributed by atoms with Gasteiger partial charge in [0.2, 0.25) is 0 Å². The molecule has 0 bridgehead atoms. The van der Waals surface area contributed by atoms with Crippen LogP contribution in [0.5, 0.6) is 5.75 Å². The number of fused-ring (bicyclic) bond motifs is 1. The van der Waals surface area contributed by atoms with E-state index in [0.29, 0.717) is 12.6 Å². The highest BCUT2D eigenvalue weighted by Gasteiger charge is 2.25. The fraction of sp³-hybridized carbons (Fsp3) is 0.333. The van der Waals surface area contributed by atoms with Crippen molar-refractivity contribution < 1.29 is 14.6 Å². The molecule has 26 heavy (non-hydrogen) atoms. The molecule has 134 valence electrons. The molecule has 0 atom stereocenters. The SMILES string of the molecule is CCOc1ccccc1-c1nc2cc(C(=O)O)ccc2n1C1CCCC1. The number of nitrogens with zero attached hydrogens (tertiary/aromatic N) is 2. The monoisotopic (exact) mass is 350 g/mol. The van der Waals surface area contributed by atoms with E-state index in [-0.39, 0.29) is 5.56 Å². The maximum atomic E-state index is 11.3. The number of aromatic carboxylic acids is 1. The molecular formula is C21H22N2O3. The molecule has 0 spiro atoms. The molecule has 4 rings (SSSR count). The zero-order valence-corrected chi connectivity index (χ0v) is 14.8. The number of hydrogen-bond acceptors (Lipinski definition) is 3. The maximum Gasteiger partial charge on any atom is 0.335 e. The molecule has 0 amide bonds. The first-order valence-corrected chi connectivity index (χ1v) is 9.16. The number of hydrogen-bond donors (Lipinski definition) is 1. The number of carboxylic acid groups (broad SMARTS) is 1. The zero-order valence-electron chi connectivity index (χ0n) is 14.8. The zero-order chi connectivity index (χ0) is 18.1. The molecule has 1 saturated carbocycles. The van der Waals surface area contributed by atoms with E-state index < -0.39 is 5.97 Å². The number of ether oxygens (including phenoxy) is 1. The Morgan fingerprint density at radius 2 is 2.00 bits per heavy atom. The summed E-state index contributed by atoms with van der Waals surface area (Å²) in [6.45, 7) is 2.56. The van der Waals surface area contributed by atoms with Crippen molar-refractivity contribution in [2.45, 2.75) is 38.6 Å². The highest BCUT2D eigenvalue weighted by Crippen LogP contribution is 2.39. The smallest absolute Gasteiger partial charge is 0.335 e. The molecule has 2 aromatic carbocycles. The molecule has 5 nitrogen and oxygen atoms in total. The summed E-state index contributed by atoms with van der Waals surface area (Å²) in [7, 11) is 0. The van der Waals surface area contributed by atoms with Gasteiger partial charge in [-0.05, 0) is 50.1 Å². The van der Waals surface area contributed by atoms with E-state index in [1.54, 1.807) is 12.1 Å². The van der Waals surface area contributed by atoms with E-state index >= 15 is 0 Å². The lowest BCUT2D eigenvalue weighted by Gasteiger charge is -2.18. The summed E-state index contributed by atoms with van der Waals surface area (Å²) in [6, 6.07) is 13.5. The van der Waals surface area contributed by atoms with Crippen molar-refractivity contribution in [3.05, 3.63) is 48.0 Å². The number of carboxylic acids is 1. The third-order valence-corrected chi connectivity index (χ3v) is 5.05. The summed E-state index contributed by atoms with van der Waals surface area (Å²) in [5.41, 5.74) is 2.92. The molecule has 0 unspecified atom stereocenters. The Kier molecular flexibility index (Phi) is 4.37. The van der Waals surface area contributed by atoms with Gasteiger partial charge in [0, 0.05) is 6.04 Å².